The molecule has 0 saturated heterocycles. The smallest absolute Gasteiger partial charge is 0.322 e. The third-order valence-corrected chi connectivity index (χ3v) is 5.83. The molecule has 0 radical (unpaired) electrons. The van der Waals surface area contributed by atoms with Crippen LogP contribution in [0, 0.1) is 5.82 Å². The number of benzene rings is 1. The molecule has 0 bridgehead atoms. The van der Waals surface area contributed by atoms with Crippen LogP contribution in [0.3, 0.4) is 0 Å². The van der Waals surface area contributed by atoms with Crippen LogP contribution >= 0.6 is 0 Å². The topological polar surface area (TPSA) is 120 Å². The lowest BCUT2D eigenvalue weighted by Crippen LogP contribution is -2.14. The zero-order chi connectivity index (χ0) is 21.0. The summed E-state index contributed by atoms with van der Waals surface area (Å²) in [6.07, 6.45) is 1.81. The van der Waals surface area contributed by atoms with Gasteiger partial charge < -0.3 is 4.42 Å². The van der Waals surface area contributed by atoms with Crippen LogP contribution in [0.2, 0.25) is 0 Å². The van der Waals surface area contributed by atoms with Gasteiger partial charge >= 0.3 is 6.01 Å². The Balaban J connectivity index is 1.52. The fraction of sp³-hybridized carbons (Fsp3) is 0.333. The van der Waals surface area contributed by atoms with Gasteiger partial charge in [0.25, 0.3) is 5.89 Å². The van der Waals surface area contributed by atoms with Crippen molar-refractivity contribution >= 4 is 21.8 Å². The van der Waals surface area contributed by atoms with Crippen LogP contribution in [-0.2, 0) is 14.6 Å². The third kappa shape index (κ3) is 5.25. The number of halogens is 1. The van der Waals surface area contributed by atoms with Crippen LogP contribution in [0.1, 0.15) is 32.7 Å². The molecule has 0 aliphatic rings. The van der Waals surface area contributed by atoms with Crippen LogP contribution in [0.5, 0.6) is 0 Å². The standard InChI is InChI=1S/C18H20FN5O4S/c1-12(2)24-10-9-15(23-24)17-21-22-18(28-17)20-16(25)4-3-11-29(26,27)14-7-5-13(19)6-8-14/h5-10,12H,3-4,11H2,1-2H3,(H,20,22,25). The lowest BCUT2D eigenvalue weighted by molar-refractivity contribution is -0.116. The first-order valence-corrected chi connectivity index (χ1v) is 10.6. The molecule has 1 amide bonds. The number of sulfone groups is 1. The van der Waals surface area contributed by atoms with E-state index in [9.17, 15) is 17.6 Å². The predicted molar refractivity (Wildman–Crippen MR) is 102 cm³/mol. The first-order chi connectivity index (χ1) is 13.7. The van der Waals surface area contributed by atoms with Crippen molar-refractivity contribution in [3.05, 3.63) is 42.3 Å². The van der Waals surface area contributed by atoms with E-state index in [2.05, 4.69) is 20.6 Å². The number of hydrogen-bond donors (Lipinski definition) is 1. The average molecular weight is 421 g/mol. The minimum absolute atomic E-state index is 0.0154. The van der Waals surface area contributed by atoms with E-state index in [1.807, 2.05) is 13.8 Å². The molecule has 3 rings (SSSR count). The molecule has 9 nitrogen and oxygen atoms in total. The molecule has 0 unspecified atom stereocenters. The van der Waals surface area contributed by atoms with Gasteiger partial charge in [0.1, 0.15) is 11.5 Å². The van der Waals surface area contributed by atoms with Crippen LogP contribution in [0.25, 0.3) is 11.6 Å². The molecule has 2 heterocycles. The highest BCUT2D eigenvalue weighted by Crippen LogP contribution is 2.19. The van der Waals surface area contributed by atoms with Crippen molar-refractivity contribution in [2.75, 3.05) is 11.1 Å². The molecule has 29 heavy (non-hydrogen) atoms. The minimum Gasteiger partial charge on any atom is -0.401 e. The quantitative estimate of drug-likeness (QED) is 0.555. The highest BCUT2D eigenvalue weighted by Gasteiger charge is 2.17. The van der Waals surface area contributed by atoms with Crippen molar-refractivity contribution in [2.24, 2.45) is 0 Å². The van der Waals surface area contributed by atoms with E-state index < -0.39 is 21.6 Å². The number of carbonyl (C=O) groups is 1. The zero-order valence-electron chi connectivity index (χ0n) is 15.9. The van der Waals surface area contributed by atoms with E-state index in [1.165, 1.54) is 12.1 Å². The number of rotatable bonds is 8. The maximum absolute atomic E-state index is 12.9. The molecular weight excluding hydrogens is 401 g/mol. The summed E-state index contributed by atoms with van der Waals surface area (Å²) in [5.41, 5.74) is 0.483. The number of aromatic nitrogens is 4. The highest BCUT2D eigenvalue weighted by molar-refractivity contribution is 7.91. The molecule has 0 aliphatic carbocycles. The molecule has 0 spiro atoms. The van der Waals surface area contributed by atoms with E-state index in [0.29, 0.717) is 5.69 Å². The second-order valence-corrected chi connectivity index (χ2v) is 8.72. The SMILES string of the molecule is CC(C)n1ccc(-c2nnc(NC(=O)CCCS(=O)(=O)c3ccc(F)cc3)o2)n1. The van der Waals surface area contributed by atoms with E-state index in [4.69, 9.17) is 4.42 Å². The van der Waals surface area contributed by atoms with Crippen LogP contribution in [-0.4, -0.2) is 40.1 Å². The summed E-state index contributed by atoms with van der Waals surface area (Å²) < 4.78 is 44.4. The summed E-state index contributed by atoms with van der Waals surface area (Å²) >= 11 is 0. The Morgan fingerprint density at radius 2 is 1.93 bits per heavy atom. The van der Waals surface area contributed by atoms with Gasteiger partial charge in [-0.1, -0.05) is 5.10 Å². The molecule has 2 aromatic heterocycles. The van der Waals surface area contributed by atoms with Crippen molar-refractivity contribution in [3.63, 3.8) is 0 Å². The van der Waals surface area contributed by atoms with Crippen LogP contribution in [0.15, 0.2) is 45.8 Å². The Morgan fingerprint density at radius 1 is 1.21 bits per heavy atom. The summed E-state index contributed by atoms with van der Waals surface area (Å²) in [5, 5.41) is 14.3. The van der Waals surface area contributed by atoms with Crippen molar-refractivity contribution in [1.29, 1.82) is 0 Å². The first kappa shape index (κ1) is 20.6. The molecule has 0 saturated carbocycles. The van der Waals surface area contributed by atoms with Crippen molar-refractivity contribution in [2.45, 2.75) is 37.6 Å². The number of carbonyl (C=O) groups excluding carboxylic acids is 1. The maximum atomic E-state index is 12.9. The van der Waals surface area contributed by atoms with Crippen LogP contribution < -0.4 is 5.32 Å². The van der Waals surface area contributed by atoms with Gasteiger partial charge in [-0.25, -0.2) is 12.8 Å². The Bertz CT molecular complexity index is 1090. The predicted octanol–water partition coefficient (Wildman–Crippen LogP) is 2.85. The van der Waals surface area contributed by atoms with Gasteiger partial charge in [-0.2, -0.15) is 5.10 Å². The summed E-state index contributed by atoms with van der Waals surface area (Å²) in [4.78, 5) is 12.0. The maximum Gasteiger partial charge on any atom is 0.322 e. The van der Waals surface area contributed by atoms with Gasteiger partial charge in [0, 0.05) is 18.7 Å². The fourth-order valence-electron chi connectivity index (χ4n) is 2.48. The molecular formula is C18H20FN5O4S. The lowest BCUT2D eigenvalue weighted by atomic mass is 10.3. The monoisotopic (exact) mass is 421 g/mol. The van der Waals surface area contributed by atoms with Crippen molar-refractivity contribution < 1.29 is 22.0 Å². The molecule has 154 valence electrons. The molecule has 1 N–H and O–H groups in total. The summed E-state index contributed by atoms with van der Waals surface area (Å²) in [6, 6.07) is 6.37. The second kappa shape index (κ2) is 8.52. The van der Waals surface area contributed by atoms with Crippen molar-refractivity contribution in [3.8, 4) is 11.6 Å². The summed E-state index contributed by atoms with van der Waals surface area (Å²) in [7, 11) is -3.59. The summed E-state index contributed by atoms with van der Waals surface area (Å²) in [6.45, 7) is 3.96. The fourth-order valence-corrected chi connectivity index (χ4v) is 3.79. The zero-order valence-corrected chi connectivity index (χ0v) is 16.7. The molecule has 0 aliphatic heterocycles. The van der Waals surface area contributed by atoms with E-state index >= 15 is 0 Å². The number of amides is 1. The van der Waals surface area contributed by atoms with Gasteiger partial charge in [0.2, 0.25) is 5.91 Å². The molecule has 3 aromatic rings. The third-order valence-electron chi connectivity index (χ3n) is 4.02. The van der Waals surface area contributed by atoms with Crippen LogP contribution in [0.4, 0.5) is 10.4 Å². The van der Waals surface area contributed by atoms with E-state index in [1.54, 1.807) is 16.9 Å². The average Bonchev–Trinajstić information content (AvgIpc) is 3.31. The van der Waals surface area contributed by atoms with E-state index in [-0.39, 0.29) is 41.4 Å². The largest absolute Gasteiger partial charge is 0.401 e. The lowest BCUT2D eigenvalue weighted by Gasteiger charge is -2.04. The number of nitrogens with zero attached hydrogens (tertiary/aromatic N) is 4. The first-order valence-electron chi connectivity index (χ1n) is 8.92. The van der Waals surface area contributed by atoms with Gasteiger partial charge in [0.05, 0.1) is 10.6 Å². The normalized spacial score (nSPS) is 11.7. The Morgan fingerprint density at radius 3 is 2.59 bits per heavy atom. The highest BCUT2D eigenvalue weighted by atomic mass is 32.2. The number of anilines is 1. The minimum atomic E-state index is -3.59. The Kier molecular flexibility index (Phi) is 6.06. The van der Waals surface area contributed by atoms with Gasteiger partial charge in [0.15, 0.2) is 9.84 Å². The molecule has 0 atom stereocenters. The number of hydrogen-bond acceptors (Lipinski definition) is 7. The summed E-state index contributed by atoms with van der Waals surface area (Å²) in [5.74, 6) is -1.05. The van der Waals surface area contributed by atoms with Gasteiger partial charge in [-0.05, 0) is 50.6 Å². The molecule has 0 fully saturated rings. The number of nitrogens with one attached hydrogen (secondary N) is 1. The van der Waals surface area contributed by atoms with Gasteiger partial charge in [-0.3, -0.25) is 14.8 Å². The second-order valence-electron chi connectivity index (χ2n) is 6.61. The molecule has 11 heteroatoms. The van der Waals surface area contributed by atoms with Gasteiger partial charge in [-0.15, -0.1) is 5.10 Å². The Hall–Kier alpha value is -3.08. The van der Waals surface area contributed by atoms with Crippen molar-refractivity contribution in [1.82, 2.24) is 20.0 Å². The Labute approximate surface area is 166 Å². The van der Waals surface area contributed by atoms with E-state index in [0.717, 1.165) is 12.1 Å². The molecule has 1 aromatic carbocycles.